The minimum atomic E-state index is 0.418. The van der Waals surface area contributed by atoms with E-state index in [-0.39, 0.29) is 0 Å². The third kappa shape index (κ3) is 2.40. The summed E-state index contributed by atoms with van der Waals surface area (Å²) >= 11 is 6.10. The van der Waals surface area contributed by atoms with Crippen LogP contribution >= 0.6 is 11.6 Å². The summed E-state index contributed by atoms with van der Waals surface area (Å²) in [6, 6.07) is 7.28. The molecule has 20 heavy (non-hydrogen) atoms. The van der Waals surface area contributed by atoms with Crippen molar-refractivity contribution in [2.75, 3.05) is 11.9 Å². The van der Waals surface area contributed by atoms with Crippen molar-refractivity contribution in [3.63, 3.8) is 0 Å². The van der Waals surface area contributed by atoms with Crippen molar-refractivity contribution >= 4 is 23.1 Å². The van der Waals surface area contributed by atoms with Crippen LogP contribution in [0.1, 0.15) is 6.92 Å². The van der Waals surface area contributed by atoms with Crippen LogP contribution < -0.4 is 10.1 Å². The van der Waals surface area contributed by atoms with Gasteiger partial charge in [-0.05, 0) is 19.1 Å². The fraction of sp³-hybridized carbons (Fsp3) is 0.143. The van der Waals surface area contributed by atoms with Crippen LogP contribution in [-0.2, 0) is 0 Å². The number of aromatic nitrogens is 3. The third-order valence-corrected chi connectivity index (χ3v) is 3.06. The summed E-state index contributed by atoms with van der Waals surface area (Å²) in [5.41, 5.74) is 0.645. The molecule has 5 nitrogen and oxygen atoms in total. The van der Waals surface area contributed by atoms with Gasteiger partial charge in [0, 0.05) is 18.9 Å². The third-order valence-electron chi connectivity index (χ3n) is 2.74. The van der Waals surface area contributed by atoms with Gasteiger partial charge < -0.3 is 10.1 Å². The fourth-order valence-corrected chi connectivity index (χ4v) is 2.04. The summed E-state index contributed by atoms with van der Waals surface area (Å²) in [6.07, 6.45) is 5.41. The number of hydrogen-bond acceptors (Lipinski definition) is 4. The second kappa shape index (κ2) is 5.38. The van der Waals surface area contributed by atoms with Crippen LogP contribution in [0.3, 0.4) is 0 Å². The second-order valence-corrected chi connectivity index (χ2v) is 4.56. The first-order valence-electron chi connectivity index (χ1n) is 6.28. The zero-order chi connectivity index (χ0) is 13.9. The number of fused-ring (bicyclic) bond motifs is 1. The minimum absolute atomic E-state index is 0.418. The summed E-state index contributed by atoms with van der Waals surface area (Å²) in [7, 11) is 0. The van der Waals surface area contributed by atoms with Crippen LogP contribution in [0.25, 0.3) is 5.65 Å². The lowest BCUT2D eigenvalue weighted by Gasteiger charge is -2.10. The van der Waals surface area contributed by atoms with Crippen molar-refractivity contribution in [3.05, 3.63) is 47.9 Å². The Morgan fingerprint density at radius 1 is 1.35 bits per heavy atom. The summed E-state index contributed by atoms with van der Waals surface area (Å²) in [6.45, 7) is 2.78. The number of benzene rings is 1. The Kier molecular flexibility index (Phi) is 3.43. The summed E-state index contributed by atoms with van der Waals surface area (Å²) in [4.78, 5) is 8.67. The number of anilines is 1. The number of rotatable bonds is 4. The molecule has 3 rings (SSSR count). The zero-order valence-electron chi connectivity index (χ0n) is 10.9. The zero-order valence-corrected chi connectivity index (χ0v) is 11.6. The fourth-order valence-electron chi connectivity index (χ4n) is 1.87. The molecule has 1 aromatic carbocycles. The first-order valence-corrected chi connectivity index (χ1v) is 6.65. The average molecular weight is 289 g/mol. The van der Waals surface area contributed by atoms with Gasteiger partial charge in [0.2, 0.25) is 5.65 Å². The van der Waals surface area contributed by atoms with Crippen LogP contribution in [0.5, 0.6) is 11.6 Å². The predicted molar refractivity (Wildman–Crippen MR) is 78.7 cm³/mol. The van der Waals surface area contributed by atoms with Crippen LogP contribution in [-0.4, -0.2) is 20.9 Å². The molecule has 0 spiro atoms. The van der Waals surface area contributed by atoms with Gasteiger partial charge in [-0.3, -0.25) is 4.40 Å². The highest BCUT2D eigenvalue weighted by atomic mass is 35.5. The normalized spacial score (nSPS) is 10.7. The highest BCUT2D eigenvalue weighted by Crippen LogP contribution is 2.30. The van der Waals surface area contributed by atoms with Crippen molar-refractivity contribution in [1.82, 2.24) is 14.4 Å². The number of nitrogens with one attached hydrogen (secondary N) is 1. The molecular formula is C14H13ClN4O. The molecule has 0 saturated heterocycles. The standard InChI is InChI=1S/C14H13ClN4O/c1-2-16-12-9-19-8-7-17-13(19)14(18-12)20-11-6-4-3-5-10(11)15/h3-9,16H,2H2,1H3. The van der Waals surface area contributed by atoms with Crippen molar-refractivity contribution in [2.24, 2.45) is 0 Å². The maximum atomic E-state index is 6.10. The first kappa shape index (κ1) is 12.7. The lowest BCUT2D eigenvalue weighted by atomic mass is 10.3. The first-order chi connectivity index (χ1) is 9.78. The Morgan fingerprint density at radius 2 is 2.20 bits per heavy atom. The Hall–Kier alpha value is -2.27. The molecule has 0 atom stereocenters. The van der Waals surface area contributed by atoms with E-state index in [2.05, 4.69) is 15.3 Å². The number of imidazole rings is 1. The molecule has 0 fully saturated rings. The van der Waals surface area contributed by atoms with Crippen molar-refractivity contribution in [3.8, 4) is 11.6 Å². The Balaban J connectivity index is 2.05. The monoisotopic (exact) mass is 288 g/mol. The highest BCUT2D eigenvalue weighted by molar-refractivity contribution is 6.32. The van der Waals surface area contributed by atoms with Gasteiger partial charge >= 0.3 is 0 Å². The van der Waals surface area contributed by atoms with Crippen molar-refractivity contribution in [2.45, 2.75) is 6.92 Å². The largest absolute Gasteiger partial charge is 0.434 e. The molecule has 0 aliphatic rings. The van der Waals surface area contributed by atoms with Gasteiger partial charge in [0.1, 0.15) is 11.6 Å². The number of nitrogens with zero attached hydrogens (tertiary/aromatic N) is 3. The lowest BCUT2D eigenvalue weighted by Crippen LogP contribution is -2.03. The molecule has 0 unspecified atom stereocenters. The average Bonchev–Trinajstić information content (AvgIpc) is 2.90. The Labute approximate surface area is 121 Å². The van der Waals surface area contributed by atoms with Gasteiger partial charge in [0.15, 0.2) is 0 Å². The van der Waals surface area contributed by atoms with E-state index in [1.54, 1.807) is 18.3 Å². The molecule has 6 heteroatoms. The summed E-state index contributed by atoms with van der Waals surface area (Å²) in [5, 5.41) is 3.69. The highest BCUT2D eigenvalue weighted by Gasteiger charge is 2.11. The maximum Gasteiger partial charge on any atom is 0.265 e. The molecule has 0 aliphatic carbocycles. The van der Waals surface area contributed by atoms with Gasteiger partial charge in [0.25, 0.3) is 5.88 Å². The molecule has 0 radical (unpaired) electrons. The van der Waals surface area contributed by atoms with Gasteiger partial charge in [-0.1, -0.05) is 23.7 Å². The number of hydrogen-bond donors (Lipinski definition) is 1. The molecule has 102 valence electrons. The van der Waals surface area contributed by atoms with E-state index in [4.69, 9.17) is 16.3 Å². The van der Waals surface area contributed by atoms with E-state index in [9.17, 15) is 0 Å². The Morgan fingerprint density at radius 3 is 3.00 bits per heavy atom. The molecular weight excluding hydrogens is 276 g/mol. The SMILES string of the molecule is CCNc1cn2ccnc2c(Oc2ccccc2Cl)n1. The van der Waals surface area contributed by atoms with Gasteiger partial charge in [-0.15, -0.1) is 0 Å². The molecule has 3 aromatic rings. The number of para-hydroxylation sites is 1. The smallest absolute Gasteiger partial charge is 0.265 e. The molecule has 0 amide bonds. The van der Waals surface area contributed by atoms with E-state index >= 15 is 0 Å². The molecule has 0 saturated carbocycles. The van der Waals surface area contributed by atoms with Gasteiger partial charge in [0.05, 0.1) is 11.2 Å². The molecule has 1 N–H and O–H groups in total. The molecule has 2 heterocycles. The summed E-state index contributed by atoms with van der Waals surface area (Å²) < 4.78 is 7.66. The predicted octanol–water partition coefficient (Wildman–Crippen LogP) is 3.61. The van der Waals surface area contributed by atoms with Crippen LogP contribution in [0.15, 0.2) is 42.9 Å². The Bertz CT molecular complexity index is 741. The number of ether oxygens (including phenoxy) is 1. The van der Waals surface area contributed by atoms with E-state index in [0.717, 1.165) is 12.4 Å². The van der Waals surface area contributed by atoms with E-state index in [0.29, 0.717) is 22.3 Å². The number of halogens is 1. The van der Waals surface area contributed by atoms with Crippen LogP contribution in [0.2, 0.25) is 5.02 Å². The van der Waals surface area contributed by atoms with Gasteiger partial charge in [-0.25, -0.2) is 4.98 Å². The van der Waals surface area contributed by atoms with E-state index in [1.807, 2.05) is 35.9 Å². The minimum Gasteiger partial charge on any atom is -0.434 e. The van der Waals surface area contributed by atoms with E-state index < -0.39 is 0 Å². The quantitative estimate of drug-likeness (QED) is 0.797. The second-order valence-electron chi connectivity index (χ2n) is 4.15. The molecule has 2 aromatic heterocycles. The van der Waals surface area contributed by atoms with Crippen LogP contribution in [0, 0.1) is 0 Å². The topological polar surface area (TPSA) is 51.5 Å². The molecule has 0 bridgehead atoms. The van der Waals surface area contributed by atoms with Gasteiger partial charge in [-0.2, -0.15) is 4.98 Å². The maximum absolute atomic E-state index is 6.10. The van der Waals surface area contributed by atoms with Crippen LogP contribution in [0.4, 0.5) is 5.82 Å². The summed E-state index contributed by atoms with van der Waals surface area (Å²) in [5.74, 6) is 1.70. The van der Waals surface area contributed by atoms with Crippen molar-refractivity contribution < 1.29 is 4.74 Å². The van der Waals surface area contributed by atoms with Crippen molar-refractivity contribution in [1.29, 1.82) is 0 Å². The van der Waals surface area contributed by atoms with E-state index in [1.165, 1.54) is 0 Å². The lowest BCUT2D eigenvalue weighted by molar-refractivity contribution is 0.466. The molecule has 0 aliphatic heterocycles.